The highest BCUT2D eigenvalue weighted by molar-refractivity contribution is 5.89. The van der Waals surface area contributed by atoms with Crippen LogP contribution in [0.2, 0.25) is 0 Å². The SMILES string of the molecule is Cc1ccc2c(CC(=O)N3CCO[C@H](CC(=O)O)C3)c[nH]c2c1. The normalized spacial score (nSPS) is 18.3. The van der Waals surface area contributed by atoms with Gasteiger partial charge in [-0.05, 0) is 24.1 Å². The number of carbonyl (C=O) groups excluding carboxylic acids is 1. The number of aromatic nitrogens is 1. The average Bonchev–Trinajstić information content (AvgIpc) is 2.89. The van der Waals surface area contributed by atoms with E-state index in [4.69, 9.17) is 9.84 Å². The predicted molar refractivity (Wildman–Crippen MR) is 85.3 cm³/mol. The topological polar surface area (TPSA) is 82.6 Å². The number of aliphatic carboxylic acids is 1. The van der Waals surface area contributed by atoms with Crippen molar-refractivity contribution < 1.29 is 19.4 Å². The minimum absolute atomic E-state index is 0.00478. The minimum atomic E-state index is -0.906. The molecule has 1 aliphatic rings. The number of aryl methyl sites for hydroxylation is 1. The Morgan fingerprint density at radius 3 is 3.04 bits per heavy atom. The van der Waals surface area contributed by atoms with Gasteiger partial charge in [0.25, 0.3) is 0 Å². The summed E-state index contributed by atoms with van der Waals surface area (Å²) < 4.78 is 5.41. The lowest BCUT2D eigenvalue weighted by Crippen LogP contribution is -2.46. The second-order valence-electron chi connectivity index (χ2n) is 5.97. The van der Waals surface area contributed by atoms with Crippen LogP contribution in [0.5, 0.6) is 0 Å². The summed E-state index contributed by atoms with van der Waals surface area (Å²) in [6.07, 6.45) is 1.69. The van der Waals surface area contributed by atoms with Crippen molar-refractivity contribution in [2.75, 3.05) is 19.7 Å². The maximum atomic E-state index is 12.5. The largest absolute Gasteiger partial charge is 0.481 e. The van der Waals surface area contributed by atoms with Crippen LogP contribution in [-0.2, 0) is 20.7 Å². The number of hydrogen-bond acceptors (Lipinski definition) is 3. The Hall–Kier alpha value is -2.34. The molecule has 122 valence electrons. The Morgan fingerprint density at radius 1 is 1.43 bits per heavy atom. The van der Waals surface area contributed by atoms with E-state index in [1.807, 2.05) is 25.3 Å². The van der Waals surface area contributed by atoms with Crippen LogP contribution >= 0.6 is 0 Å². The summed E-state index contributed by atoms with van der Waals surface area (Å²) in [6, 6.07) is 6.11. The number of ether oxygens (including phenoxy) is 1. The van der Waals surface area contributed by atoms with E-state index in [1.165, 1.54) is 5.56 Å². The molecule has 1 aromatic carbocycles. The van der Waals surface area contributed by atoms with E-state index >= 15 is 0 Å². The van der Waals surface area contributed by atoms with Crippen molar-refractivity contribution in [3.05, 3.63) is 35.5 Å². The molecule has 23 heavy (non-hydrogen) atoms. The third-order valence-corrected chi connectivity index (χ3v) is 4.16. The van der Waals surface area contributed by atoms with Gasteiger partial charge >= 0.3 is 5.97 Å². The van der Waals surface area contributed by atoms with Crippen molar-refractivity contribution in [3.63, 3.8) is 0 Å². The fraction of sp³-hybridized carbons (Fsp3) is 0.412. The van der Waals surface area contributed by atoms with Crippen molar-refractivity contribution in [1.82, 2.24) is 9.88 Å². The van der Waals surface area contributed by atoms with E-state index in [9.17, 15) is 9.59 Å². The van der Waals surface area contributed by atoms with E-state index in [0.717, 1.165) is 16.5 Å². The van der Waals surface area contributed by atoms with Crippen LogP contribution in [0.1, 0.15) is 17.5 Å². The van der Waals surface area contributed by atoms with Crippen LogP contribution < -0.4 is 0 Å². The number of fused-ring (bicyclic) bond motifs is 1. The molecule has 2 N–H and O–H groups in total. The molecule has 3 rings (SSSR count). The summed E-state index contributed by atoms with van der Waals surface area (Å²) in [5.74, 6) is -0.901. The number of benzene rings is 1. The third kappa shape index (κ3) is 3.53. The zero-order chi connectivity index (χ0) is 16.4. The maximum Gasteiger partial charge on any atom is 0.306 e. The molecule has 1 fully saturated rings. The molecule has 1 amide bonds. The first-order valence-electron chi connectivity index (χ1n) is 7.70. The van der Waals surface area contributed by atoms with Gasteiger partial charge in [-0.15, -0.1) is 0 Å². The first-order valence-corrected chi connectivity index (χ1v) is 7.70. The second-order valence-corrected chi connectivity index (χ2v) is 5.97. The number of H-pyrrole nitrogens is 1. The van der Waals surface area contributed by atoms with Crippen molar-refractivity contribution in [2.45, 2.75) is 25.9 Å². The van der Waals surface area contributed by atoms with E-state index in [2.05, 4.69) is 11.1 Å². The average molecular weight is 316 g/mol. The predicted octanol–water partition coefficient (Wildman–Crippen LogP) is 1.72. The molecule has 0 spiro atoms. The summed E-state index contributed by atoms with van der Waals surface area (Å²) in [6.45, 7) is 3.27. The fourth-order valence-corrected chi connectivity index (χ4v) is 2.99. The van der Waals surface area contributed by atoms with Crippen LogP contribution in [0.3, 0.4) is 0 Å². The smallest absolute Gasteiger partial charge is 0.306 e. The minimum Gasteiger partial charge on any atom is -0.481 e. The maximum absolute atomic E-state index is 12.5. The van der Waals surface area contributed by atoms with Crippen LogP contribution in [0.4, 0.5) is 0 Å². The molecule has 0 aliphatic carbocycles. The van der Waals surface area contributed by atoms with Crippen molar-refractivity contribution in [3.8, 4) is 0 Å². The molecule has 1 aliphatic heterocycles. The highest BCUT2D eigenvalue weighted by Crippen LogP contribution is 2.21. The summed E-state index contributed by atoms with van der Waals surface area (Å²) in [4.78, 5) is 28.2. The number of rotatable bonds is 4. The lowest BCUT2D eigenvalue weighted by atomic mass is 10.1. The number of amides is 1. The first-order chi connectivity index (χ1) is 11.0. The zero-order valence-corrected chi connectivity index (χ0v) is 13.0. The Balaban J connectivity index is 1.69. The number of morpholine rings is 1. The zero-order valence-electron chi connectivity index (χ0n) is 13.0. The molecular formula is C17H20N2O4. The number of nitrogens with one attached hydrogen (secondary N) is 1. The second kappa shape index (κ2) is 6.42. The molecule has 0 saturated carbocycles. The van der Waals surface area contributed by atoms with Crippen LogP contribution in [-0.4, -0.2) is 52.7 Å². The van der Waals surface area contributed by atoms with Gasteiger partial charge in [0, 0.05) is 30.2 Å². The lowest BCUT2D eigenvalue weighted by Gasteiger charge is -2.32. The molecule has 6 nitrogen and oxygen atoms in total. The summed E-state index contributed by atoms with van der Waals surface area (Å²) in [5, 5.41) is 9.91. The molecule has 1 atom stereocenters. The van der Waals surface area contributed by atoms with Crippen molar-refractivity contribution in [2.24, 2.45) is 0 Å². The molecule has 6 heteroatoms. The van der Waals surface area contributed by atoms with Gasteiger partial charge < -0.3 is 19.7 Å². The van der Waals surface area contributed by atoms with Gasteiger partial charge in [0.05, 0.1) is 25.6 Å². The van der Waals surface area contributed by atoms with Crippen molar-refractivity contribution in [1.29, 1.82) is 0 Å². The molecule has 2 aromatic rings. The number of hydrogen-bond donors (Lipinski definition) is 2. The Bertz CT molecular complexity index is 737. The van der Waals surface area contributed by atoms with E-state index < -0.39 is 12.1 Å². The van der Waals surface area contributed by atoms with Gasteiger partial charge in [-0.25, -0.2) is 0 Å². The van der Waals surface area contributed by atoms with Gasteiger partial charge in [-0.2, -0.15) is 0 Å². The number of aromatic amines is 1. The molecule has 1 aromatic heterocycles. The number of nitrogens with zero attached hydrogens (tertiary/aromatic N) is 1. The van der Waals surface area contributed by atoms with Crippen LogP contribution in [0.25, 0.3) is 10.9 Å². The third-order valence-electron chi connectivity index (χ3n) is 4.16. The van der Waals surface area contributed by atoms with Crippen LogP contribution in [0.15, 0.2) is 24.4 Å². The van der Waals surface area contributed by atoms with Gasteiger partial charge in [0.1, 0.15) is 0 Å². The molecule has 0 unspecified atom stereocenters. The molecule has 0 radical (unpaired) electrons. The summed E-state index contributed by atoms with van der Waals surface area (Å²) >= 11 is 0. The van der Waals surface area contributed by atoms with Gasteiger partial charge in [-0.1, -0.05) is 12.1 Å². The van der Waals surface area contributed by atoms with E-state index in [1.54, 1.807) is 4.90 Å². The van der Waals surface area contributed by atoms with Crippen LogP contribution in [0, 0.1) is 6.92 Å². The Morgan fingerprint density at radius 2 is 2.26 bits per heavy atom. The number of carboxylic acids is 1. The highest BCUT2D eigenvalue weighted by Gasteiger charge is 2.26. The van der Waals surface area contributed by atoms with Gasteiger partial charge in [0.2, 0.25) is 5.91 Å². The molecule has 2 heterocycles. The highest BCUT2D eigenvalue weighted by atomic mass is 16.5. The molecule has 1 saturated heterocycles. The quantitative estimate of drug-likeness (QED) is 0.900. The number of carboxylic acid groups (broad SMARTS) is 1. The van der Waals surface area contributed by atoms with E-state index in [0.29, 0.717) is 26.1 Å². The van der Waals surface area contributed by atoms with Gasteiger partial charge in [-0.3, -0.25) is 9.59 Å². The molecule has 0 bridgehead atoms. The summed E-state index contributed by atoms with van der Waals surface area (Å²) in [7, 11) is 0. The van der Waals surface area contributed by atoms with Crippen molar-refractivity contribution >= 4 is 22.8 Å². The van der Waals surface area contributed by atoms with E-state index in [-0.39, 0.29) is 12.3 Å². The summed E-state index contributed by atoms with van der Waals surface area (Å²) in [5.41, 5.74) is 3.16. The fourth-order valence-electron chi connectivity index (χ4n) is 2.99. The molecular weight excluding hydrogens is 296 g/mol. The first kappa shape index (κ1) is 15.6. The Kier molecular flexibility index (Phi) is 4.34. The Labute approximate surface area is 134 Å². The monoisotopic (exact) mass is 316 g/mol. The van der Waals surface area contributed by atoms with Gasteiger partial charge in [0.15, 0.2) is 0 Å². The number of carbonyl (C=O) groups is 2. The lowest BCUT2D eigenvalue weighted by molar-refractivity contribution is -0.147. The standard InChI is InChI=1S/C17H20N2O4/c1-11-2-3-14-12(9-18-15(14)6-11)7-16(20)19-4-5-23-13(10-19)8-17(21)22/h2-3,6,9,13,18H,4-5,7-8,10H2,1H3,(H,21,22)/t13-/m1/s1.